The Morgan fingerprint density at radius 3 is 2.77 bits per heavy atom. The summed E-state index contributed by atoms with van der Waals surface area (Å²) in [5.74, 6) is 0.688. The van der Waals surface area contributed by atoms with Crippen LogP contribution in [0.5, 0.6) is 5.88 Å². The molecule has 0 bridgehead atoms. The first-order valence-corrected chi connectivity index (χ1v) is 4.20. The molecule has 0 aliphatic heterocycles. The molecule has 3 nitrogen and oxygen atoms in total. The van der Waals surface area contributed by atoms with Crippen molar-refractivity contribution in [1.29, 1.82) is 0 Å². The van der Waals surface area contributed by atoms with E-state index in [0.717, 1.165) is 11.2 Å². The number of ether oxygens (including phenoxy) is 1. The maximum Gasteiger partial charge on any atom is 0.238 e. The first kappa shape index (κ1) is 8.10. The number of rotatable bonds is 1. The molecule has 0 amide bonds. The maximum atomic E-state index is 5.19. The number of methoxy groups -OCH3 is 1. The van der Waals surface area contributed by atoms with Crippen molar-refractivity contribution in [2.45, 2.75) is 13.8 Å². The Balaban J connectivity index is 2.80. The standard InChI is InChI=1S/C10H12N2O/c1-7-4-9-10(13-3)11-8(2)6-12(9)5-7/h4-6H,1-3H3. The Kier molecular flexibility index (Phi) is 1.72. The molecular formula is C10H12N2O. The molecule has 0 aromatic carbocycles. The molecule has 2 rings (SSSR count). The highest BCUT2D eigenvalue weighted by atomic mass is 16.5. The van der Waals surface area contributed by atoms with Crippen LogP contribution in [0.25, 0.3) is 5.52 Å². The summed E-state index contributed by atoms with van der Waals surface area (Å²) in [5.41, 5.74) is 3.19. The van der Waals surface area contributed by atoms with Gasteiger partial charge in [0.15, 0.2) is 0 Å². The second-order valence-corrected chi connectivity index (χ2v) is 3.20. The maximum absolute atomic E-state index is 5.19. The Morgan fingerprint density at radius 1 is 1.31 bits per heavy atom. The van der Waals surface area contributed by atoms with E-state index in [4.69, 9.17) is 4.74 Å². The molecule has 2 aromatic rings. The Labute approximate surface area is 77.0 Å². The van der Waals surface area contributed by atoms with E-state index >= 15 is 0 Å². The summed E-state index contributed by atoms with van der Waals surface area (Å²) in [6.07, 6.45) is 4.05. The largest absolute Gasteiger partial charge is 0.479 e. The fourth-order valence-corrected chi connectivity index (χ4v) is 1.49. The summed E-state index contributed by atoms with van der Waals surface area (Å²) in [5, 5.41) is 0. The van der Waals surface area contributed by atoms with Gasteiger partial charge < -0.3 is 9.14 Å². The van der Waals surface area contributed by atoms with Gasteiger partial charge in [-0.1, -0.05) is 0 Å². The number of fused-ring (bicyclic) bond motifs is 1. The third-order valence-electron chi connectivity index (χ3n) is 2.00. The monoisotopic (exact) mass is 176 g/mol. The third-order valence-corrected chi connectivity index (χ3v) is 2.00. The van der Waals surface area contributed by atoms with Crippen molar-refractivity contribution in [3.8, 4) is 5.88 Å². The molecule has 0 aliphatic carbocycles. The summed E-state index contributed by atoms with van der Waals surface area (Å²) in [6, 6.07) is 2.06. The van der Waals surface area contributed by atoms with E-state index in [1.807, 2.05) is 17.5 Å². The van der Waals surface area contributed by atoms with Crippen LogP contribution in [0.4, 0.5) is 0 Å². The molecule has 0 saturated carbocycles. The average molecular weight is 176 g/mol. The van der Waals surface area contributed by atoms with Crippen LogP contribution >= 0.6 is 0 Å². The van der Waals surface area contributed by atoms with Crippen LogP contribution in [-0.4, -0.2) is 16.5 Å². The number of hydrogen-bond donors (Lipinski definition) is 0. The second-order valence-electron chi connectivity index (χ2n) is 3.20. The lowest BCUT2D eigenvalue weighted by atomic mass is 10.4. The minimum absolute atomic E-state index is 0.688. The fourth-order valence-electron chi connectivity index (χ4n) is 1.49. The summed E-state index contributed by atoms with van der Waals surface area (Å²) >= 11 is 0. The van der Waals surface area contributed by atoms with Gasteiger partial charge in [-0.3, -0.25) is 0 Å². The topological polar surface area (TPSA) is 26.5 Å². The molecule has 0 atom stereocenters. The summed E-state index contributed by atoms with van der Waals surface area (Å²) in [4.78, 5) is 4.29. The zero-order valence-electron chi connectivity index (χ0n) is 8.03. The zero-order valence-corrected chi connectivity index (χ0v) is 8.03. The van der Waals surface area contributed by atoms with Crippen LogP contribution in [0.3, 0.4) is 0 Å². The normalized spacial score (nSPS) is 10.7. The fraction of sp³-hybridized carbons (Fsp3) is 0.300. The van der Waals surface area contributed by atoms with Gasteiger partial charge in [-0.15, -0.1) is 0 Å². The van der Waals surface area contributed by atoms with E-state index in [2.05, 4.69) is 24.2 Å². The van der Waals surface area contributed by atoms with Crippen molar-refractivity contribution >= 4 is 5.52 Å². The number of aromatic nitrogens is 2. The van der Waals surface area contributed by atoms with E-state index in [1.54, 1.807) is 7.11 Å². The van der Waals surface area contributed by atoms with Crippen molar-refractivity contribution in [2.24, 2.45) is 0 Å². The average Bonchev–Trinajstić information content (AvgIpc) is 2.43. The van der Waals surface area contributed by atoms with Gasteiger partial charge in [-0.25, -0.2) is 4.98 Å². The zero-order chi connectivity index (χ0) is 9.42. The lowest BCUT2D eigenvalue weighted by Crippen LogP contribution is -1.94. The van der Waals surface area contributed by atoms with Crippen LogP contribution in [0.15, 0.2) is 18.5 Å². The van der Waals surface area contributed by atoms with Gasteiger partial charge >= 0.3 is 0 Å². The highest BCUT2D eigenvalue weighted by molar-refractivity contribution is 5.58. The number of nitrogens with zero attached hydrogens (tertiary/aromatic N) is 2. The first-order valence-electron chi connectivity index (χ1n) is 4.20. The molecule has 0 N–H and O–H groups in total. The molecule has 0 fully saturated rings. The quantitative estimate of drug-likeness (QED) is 0.664. The second kappa shape index (κ2) is 2.76. The summed E-state index contributed by atoms with van der Waals surface area (Å²) in [7, 11) is 1.64. The van der Waals surface area contributed by atoms with Gasteiger partial charge in [-0.05, 0) is 25.5 Å². The molecule has 2 aromatic heterocycles. The Hall–Kier alpha value is -1.51. The smallest absolute Gasteiger partial charge is 0.238 e. The van der Waals surface area contributed by atoms with Crippen LogP contribution in [0, 0.1) is 13.8 Å². The van der Waals surface area contributed by atoms with Crippen molar-refractivity contribution in [1.82, 2.24) is 9.38 Å². The molecule has 2 heterocycles. The summed E-state index contributed by atoms with van der Waals surface area (Å²) in [6.45, 7) is 4.01. The highest BCUT2D eigenvalue weighted by Gasteiger charge is 2.04. The highest BCUT2D eigenvalue weighted by Crippen LogP contribution is 2.19. The van der Waals surface area contributed by atoms with Crippen molar-refractivity contribution < 1.29 is 4.74 Å². The molecule has 3 heteroatoms. The van der Waals surface area contributed by atoms with Crippen molar-refractivity contribution in [3.05, 3.63) is 29.7 Å². The van der Waals surface area contributed by atoms with Gasteiger partial charge in [0, 0.05) is 12.4 Å². The van der Waals surface area contributed by atoms with Crippen molar-refractivity contribution in [3.63, 3.8) is 0 Å². The summed E-state index contributed by atoms with van der Waals surface area (Å²) < 4.78 is 7.23. The van der Waals surface area contributed by atoms with E-state index in [0.29, 0.717) is 5.88 Å². The van der Waals surface area contributed by atoms with Crippen LogP contribution in [-0.2, 0) is 0 Å². The van der Waals surface area contributed by atoms with Crippen LogP contribution in [0.1, 0.15) is 11.3 Å². The SMILES string of the molecule is COc1nc(C)cn2cc(C)cc12. The van der Waals surface area contributed by atoms with E-state index in [1.165, 1.54) is 5.56 Å². The molecule has 0 unspecified atom stereocenters. The third kappa shape index (κ3) is 1.26. The lowest BCUT2D eigenvalue weighted by Gasteiger charge is -2.03. The van der Waals surface area contributed by atoms with E-state index in [-0.39, 0.29) is 0 Å². The first-order chi connectivity index (χ1) is 6.20. The molecule has 0 radical (unpaired) electrons. The molecule has 0 saturated heterocycles. The Morgan fingerprint density at radius 2 is 2.08 bits per heavy atom. The van der Waals surface area contributed by atoms with E-state index in [9.17, 15) is 0 Å². The van der Waals surface area contributed by atoms with Crippen molar-refractivity contribution in [2.75, 3.05) is 7.11 Å². The van der Waals surface area contributed by atoms with Gasteiger partial charge in [0.1, 0.15) is 5.52 Å². The van der Waals surface area contributed by atoms with Gasteiger partial charge in [-0.2, -0.15) is 0 Å². The molecule has 13 heavy (non-hydrogen) atoms. The van der Waals surface area contributed by atoms with Crippen LogP contribution in [0.2, 0.25) is 0 Å². The minimum Gasteiger partial charge on any atom is -0.479 e. The molecular weight excluding hydrogens is 164 g/mol. The molecule has 0 spiro atoms. The predicted molar refractivity (Wildman–Crippen MR) is 51.2 cm³/mol. The van der Waals surface area contributed by atoms with Gasteiger partial charge in [0.05, 0.1) is 12.8 Å². The molecule has 68 valence electrons. The predicted octanol–water partition coefficient (Wildman–Crippen LogP) is 1.96. The van der Waals surface area contributed by atoms with Gasteiger partial charge in [0.25, 0.3) is 0 Å². The number of aryl methyl sites for hydroxylation is 2. The Bertz CT molecular complexity index is 445. The van der Waals surface area contributed by atoms with E-state index < -0.39 is 0 Å². The van der Waals surface area contributed by atoms with Gasteiger partial charge in [0.2, 0.25) is 5.88 Å². The lowest BCUT2D eigenvalue weighted by molar-refractivity contribution is 0.400. The van der Waals surface area contributed by atoms with Crippen LogP contribution < -0.4 is 4.74 Å². The minimum atomic E-state index is 0.688. The number of hydrogen-bond acceptors (Lipinski definition) is 2. The molecule has 0 aliphatic rings.